The highest BCUT2D eigenvalue weighted by atomic mass is 32.2. The third-order valence-corrected chi connectivity index (χ3v) is 5.76. The van der Waals surface area contributed by atoms with Gasteiger partial charge in [-0.1, -0.05) is 18.2 Å². The molecule has 0 radical (unpaired) electrons. The van der Waals surface area contributed by atoms with Crippen LogP contribution in [0.2, 0.25) is 0 Å². The van der Waals surface area contributed by atoms with Crippen LogP contribution in [0.25, 0.3) is 0 Å². The van der Waals surface area contributed by atoms with Gasteiger partial charge in [-0.05, 0) is 49.2 Å². The van der Waals surface area contributed by atoms with Crippen LogP contribution in [0.3, 0.4) is 0 Å². The minimum atomic E-state index is -3.85. The summed E-state index contributed by atoms with van der Waals surface area (Å²) in [5.41, 5.74) is 1.98. The first-order chi connectivity index (χ1) is 12.8. The lowest BCUT2D eigenvalue weighted by molar-refractivity contribution is -0.142. The van der Waals surface area contributed by atoms with E-state index in [4.69, 9.17) is 14.6 Å². The first kappa shape index (κ1) is 20.7. The van der Waals surface area contributed by atoms with Crippen LogP contribution in [0, 0.1) is 13.8 Å². The molecule has 0 unspecified atom stereocenters. The van der Waals surface area contributed by atoms with Crippen LogP contribution < -0.4 is 9.04 Å². The van der Waals surface area contributed by atoms with Crippen molar-refractivity contribution in [2.45, 2.75) is 18.7 Å². The lowest BCUT2D eigenvalue weighted by Gasteiger charge is -2.28. The number of methoxy groups -OCH3 is 1. The van der Waals surface area contributed by atoms with Crippen molar-refractivity contribution in [1.82, 2.24) is 0 Å². The van der Waals surface area contributed by atoms with Crippen LogP contribution in [0.1, 0.15) is 11.1 Å². The zero-order chi connectivity index (χ0) is 20.0. The minimum Gasteiger partial charge on any atom is -0.497 e. The largest absolute Gasteiger partial charge is 0.497 e. The molecular formula is C19H23NO6S. The fourth-order valence-corrected chi connectivity index (χ4v) is 4.41. The van der Waals surface area contributed by atoms with Crippen LogP contribution in [-0.2, 0) is 19.6 Å². The summed E-state index contributed by atoms with van der Waals surface area (Å²) in [6.07, 6.45) is 0. The molecule has 0 fully saturated rings. The van der Waals surface area contributed by atoms with E-state index in [9.17, 15) is 13.2 Å². The Bertz CT molecular complexity index is 873. The van der Waals surface area contributed by atoms with E-state index in [0.717, 1.165) is 11.1 Å². The van der Waals surface area contributed by atoms with E-state index < -0.39 is 22.6 Å². The van der Waals surface area contributed by atoms with E-state index in [2.05, 4.69) is 0 Å². The maximum Gasteiger partial charge on any atom is 0.329 e. The minimum absolute atomic E-state index is 0.0154. The molecule has 0 saturated carbocycles. The number of anilines is 1. The fourth-order valence-electron chi connectivity index (χ4n) is 2.81. The molecule has 0 heterocycles. The molecule has 146 valence electrons. The third kappa shape index (κ3) is 4.99. The quantitative estimate of drug-likeness (QED) is 0.658. The maximum absolute atomic E-state index is 13.2. The molecule has 0 aliphatic heterocycles. The van der Waals surface area contributed by atoms with Crippen LogP contribution in [-0.4, -0.2) is 46.4 Å². The van der Waals surface area contributed by atoms with Gasteiger partial charge in [0, 0.05) is 0 Å². The van der Waals surface area contributed by atoms with E-state index in [0.29, 0.717) is 11.4 Å². The molecule has 0 aliphatic rings. The number of sulfonamides is 1. The van der Waals surface area contributed by atoms with Crippen molar-refractivity contribution >= 4 is 21.7 Å². The Kier molecular flexibility index (Phi) is 6.81. The molecule has 0 saturated heterocycles. The van der Waals surface area contributed by atoms with E-state index in [-0.39, 0.29) is 18.0 Å². The normalized spacial score (nSPS) is 11.2. The van der Waals surface area contributed by atoms with Crippen molar-refractivity contribution in [3.63, 3.8) is 0 Å². The summed E-state index contributed by atoms with van der Waals surface area (Å²) >= 11 is 0. The second kappa shape index (κ2) is 8.88. The number of hydrogen-bond acceptors (Lipinski definition) is 5. The Labute approximate surface area is 159 Å². The van der Waals surface area contributed by atoms with Crippen LogP contribution in [0.4, 0.5) is 5.69 Å². The van der Waals surface area contributed by atoms with Gasteiger partial charge < -0.3 is 14.6 Å². The van der Waals surface area contributed by atoms with Gasteiger partial charge in [-0.25, -0.2) is 13.2 Å². The Balaban J connectivity index is 2.46. The van der Waals surface area contributed by atoms with Crippen molar-refractivity contribution in [2.75, 3.05) is 31.2 Å². The molecule has 1 N–H and O–H groups in total. The molecule has 2 rings (SSSR count). The lowest BCUT2D eigenvalue weighted by Crippen LogP contribution is -2.35. The summed E-state index contributed by atoms with van der Waals surface area (Å²) < 4.78 is 38.1. The molecule has 0 aromatic heterocycles. The molecule has 27 heavy (non-hydrogen) atoms. The zero-order valence-electron chi connectivity index (χ0n) is 15.5. The van der Waals surface area contributed by atoms with E-state index >= 15 is 0 Å². The number of benzene rings is 2. The number of carboxylic acids is 1. The second-order valence-corrected chi connectivity index (χ2v) is 7.81. The van der Waals surface area contributed by atoms with Gasteiger partial charge in [0.25, 0.3) is 10.0 Å². The maximum atomic E-state index is 13.2. The molecule has 0 spiro atoms. The predicted octanol–water partition coefficient (Wildman–Crippen LogP) is 2.61. The smallest absolute Gasteiger partial charge is 0.329 e. The highest BCUT2D eigenvalue weighted by Crippen LogP contribution is 2.33. The van der Waals surface area contributed by atoms with Crippen molar-refractivity contribution in [2.24, 2.45) is 0 Å². The van der Waals surface area contributed by atoms with Crippen molar-refractivity contribution in [3.8, 4) is 5.75 Å². The molecule has 2 aromatic carbocycles. The number of aliphatic carboxylic acids is 1. The van der Waals surface area contributed by atoms with Crippen molar-refractivity contribution in [1.29, 1.82) is 0 Å². The monoisotopic (exact) mass is 393 g/mol. The van der Waals surface area contributed by atoms with Gasteiger partial charge in [0.1, 0.15) is 12.4 Å². The number of carboxylic acid groups (broad SMARTS) is 1. The van der Waals surface area contributed by atoms with Crippen molar-refractivity contribution < 1.29 is 27.8 Å². The summed E-state index contributed by atoms with van der Waals surface area (Å²) in [4.78, 5) is 10.8. The number of aryl methyl sites for hydroxylation is 2. The van der Waals surface area contributed by atoms with E-state index in [1.165, 1.54) is 16.4 Å². The molecule has 0 amide bonds. The molecule has 8 heteroatoms. The molecule has 0 aliphatic carbocycles. The third-order valence-electron chi connectivity index (χ3n) is 3.95. The number of hydrogen-bond donors (Lipinski definition) is 1. The van der Waals surface area contributed by atoms with Crippen LogP contribution in [0.15, 0.2) is 47.4 Å². The Morgan fingerprint density at radius 1 is 1.11 bits per heavy atom. The average molecular weight is 393 g/mol. The summed E-state index contributed by atoms with van der Waals surface area (Å²) in [6.45, 7) is 3.05. The van der Waals surface area contributed by atoms with E-state index in [1.54, 1.807) is 51.3 Å². The zero-order valence-corrected chi connectivity index (χ0v) is 16.3. The molecular weight excluding hydrogens is 370 g/mol. The number of rotatable bonds is 9. The fraction of sp³-hybridized carbons (Fsp3) is 0.316. The second-order valence-electron chi connectivity index (χ2n) is 5.95. The standard InChI is InChI=1S/C19H23NO6S/c1-14-11-16(25-3)12-15(2)19(14)20(9-10-26-13-18(21)22)27(23,24)17-7-5-4-6-8-17/h4-8,11-12H,9-10,13H2,1-3H3,(H,21,22). The van der Waals surface area contributed by atoms with Gasteiger partial charge in [0.2, 0.25) is 0 Å². The van der Waals surface area contributed by atoms with Gasteiger partial charge in [0.15, 0.2) is 0 Å². The molecule has 7 nitrogen and oxygen atoms in total. The summed E-state index contributed by atoms with van der Waals surface area (Å²) in [5, 5.41) is 8.71. The summed E-state index contributed by atoms with van der Waals surface area (Å²) in [5.74, 6) is -0.475. The number of carbonyl (C=O) groups is 1. The van der Waals surface area contributed by atoms with Gasteiger partial charge in [0.05, 0.1) is 30.8 Å². The van der Waals surface area contributed by atoms with Crippen LogP contribution in [0.5, 0.6) is 5.75 Å². The first-order valence-electron chi connectivity index (χ1n) is 8.30. The Morgan fingerprint density at radius 3 is 2.22 bits per heavy atom. The van der Waals surface area contributed by atoms with E-state index in [1.807, 2.05) is 0 Å². The number of nitrogens with zero attached hydrogens (tertiary/aromatic N) is 1. The lowest BCUT2D eigenvalue weighted by atomic mass is 10.1. The Hall–Kier alpha value is -2.58. The van der Waals surface area contributed by atoms with Crippen molar-refractivity contribution in [3.05, 3.63) is 53.6 Å². The molecule has 2 aromatic rings. The van der Waals surface area contributed by atoms with Gasteiger partial charge >= 0.3 is 5.97 Å². The molecule has 0 bridgehead atoms. The molecule has 0 atom stereocenters. The first-order valence-corrected chi connectivity index (χ1v) is 9.74. The van der Waals surface area contributed by atoms with Gasteiger partial charge in [-0.2, -0.15) is 0 Å². The summed E-state index contributed by atoms with van der Waals surface area (Å²) in [6, 6.07) is 11.6. The Morgan fingerprint density at radius 2 is 1.70 bits per heavy atom. The highest BCUT2D eigenvalue weighted by molar-refractivity contribution is 7.92. The van der Waals surface area contributed by atoms with Gasteiger partial charge in [-0.15, -0.1) is 0 Å². The highest BCUT2D eigenvalue weighted by Gasteiger charge is 2.27. The topological polar surface area (TPSA) is 93.1 Å². The SMILES string of the molecule is COc1cc(C)c(N(CCOCC(=O)O)S(=O)(=O)c2ccccc2)c(C)c1. The van der Waals surface area contributed by atoms with Gasteiger partial charge in [-0.3, -0.25) is 4.31 Å². The summed E-state index contributed by atoms with van der Waals surface area (Å²) in [7, 11) is -2.31. The number of ether oxygens (including phenoxy) is 2. The predicted molar refractivity (Wildman–Crippen MR) is 102 cm³/mol. The average Bonchev–Trinajstić information content (AvgIpc) is 2.63. The van der Waals surface area contributed by atoms with Crippen LogP contribution >= 0.6 is 0 Å².